The van der Waals surface area contributed by atoms with Crippen LogP contribution in [0.2, 0.25) is 5.15 Å². The molecule has 17 heavy (non-hydrogen) atoms. The van der Waals surface area contributed by atoms with Crippen LogP contribution >= 0.6 is 11.6 Å². The van der Waals surface area contributed by atoms with Gasteiger partial charge >= 0.3 is 0 Å². The first-order chi connectivity index (χ1) is 8.15. The number of amides is 1. The molecule has 7 heteroatoms. The maximum absolute atomic E-state index is 11.5. The summed E-state index contributed by atoms with van der Waals surface area (Å²) < 4.78 is 4.92. The van der Waals surface area contributed by atoms with Gasteiger partial charge in [-0.3, -0.25) is 10.1 Å². The predicted octanol–water partition coefficient (Wildman–Crippen LogP) is 1.08. The second-order valence-corrected chi connectivity index (χ2v) is 3.60. The van der Waals surface area contributed by atoms with Crippen LogP contribution in [0.4, 0.5) is 5.95 Å². The number of hydrogen-bond acceptors (Lipinski definition) is 5. The van der Waals surface area contributed by atoms with E-state index in [1.165, 1.54) is 13.2 Å². The number of aromatic nitrogens is 2. The van der Waals surface area contributed by atoms with E-state index in [2.05, 4.69) is 20.6 Å². The van der Waals surface area contributed by atoms with Crippen LogP contribution in [0.3, 0.4) is 0 Å². The number of carbonyl (C=O) groups is 1. The molecular formula is C10H15ClN4O2. The summed E-state index contributed by atoms with van der Waals surface area (Å²) in [4.78, 5) is 19.3. The molecule has 0 aromatic carbocycles. The van der Waals surface area contributed by atoms with Gasteiger partial charge in [-0.2, -0.15) is 4.98 Å². The van der Waals surface area contributed by atoms with Crippen LogP contribution in [-0.4, -0.2) is 36.1 Å². The summed E-state index contributed by atoms with van der Waals surface area (Å²) in [5.74, 6) is 0.290. The van der Waals surface area contributed by atoms with E-state index in [0.29, 0.717) is 18.8 Å². The van der Waals surface area contributed by atoms with Gasteiger partial charge in [0.1, 0.15) is 5.15 Å². The van der Waals surface area contributed by atoms with E-state index in [1.54, 1.807) is 0 Å². The number of halogens is 1. The highest BCUT2D eigenvalue weighted by Crippen LogP contribution is 2.15. The number of hydrogen-bond donors (Lipinski definition) is 2. The van der Waals surface area contributed by atoms with E-state index in [0.717, 1.165) is 6.54 Å². The normalized spacial score (nSPS) is 10.1. The zero-order valence-electron chi connectivity index (χ0n) is 9.79. The van der Waals surface area contributed by atoms with E-state index in [4.69, 9.17) is 16.3 Å². The summed E-state index contributed by atoms with van der Waals surface area (Å²) in [6.07, 6.45) is 0.353. The minimum atomic E-state index is -0.171. The van der Waals surface area contributed by atoms with Gasteiger partial charge in [0.25, 0.3) is 0 Å². The Kier molecular flexibility index (Phi) is 5.65. The largest absolute Gasteiger partial charge is 0.481 e. The second kappa shape index (κ2) is 7.03. The van der Waals surface area contributed by atoms with Gasteiger partial charge in [-0.15, -0.1) is 0 Å². The number of nitrogens with zero attached hydrogens (tertiary/aromatic N) is 2. The Morgan fingerprint density at radius 3 is 2.94 bits per heavy atom. The Labute approximate surface area is 105 Å². The molecule has 1 aromatic heterocycles. The highest BCUT2D eigenvalue weighted by molar-refractivity contribution is 6.29. The Morgan fingerprint density at radius 1 is 1.53 bits per heavy atom. The Hall–Kier alpha value is -1.40. The Balaban J connectivity index is 2.55. The highest BCUT2D eigenvalue weighted by atomic mass is 35.5. The van der Waals surface area contributed by atoms with Crippen LogP contribution in [0, 0.1) is 0 Å². The fourth-order valence-corrected chi connectivity index (χ4v) is 1.30. The summed E-state index contributed by atoms with van der Waals surface area (Å²) in [5.41, 5.74) is 0. The number of ether oxygens (including phenoxy) is 1. The third kappa shape index (κ3) is 4.97. The van der Waals surface area contributed by atoms with E-state index in [9.17, 15) is 4.79 Å². The van der Waals surface area contributed by atoms with E-state index in [1.807, 2.05) is 6.92 Å². The average molecular weight is 259 g/mol. The molecule has 0 saturated heterocycles. The molecule has 0 bridgehead atoms. The number of methoxy groups -OCH3 is 1. The van der Waals surface area contributed by atoms with Crippen molar-refractivity contribution in [3.05, 3.63) is 11.2 Å². The van der Waals surface area contributed by atoms with Gasteiger partial charge < -0.3 is 10.1 Å². The van der Waals surface area contributed by atoms with Crippen molar-refractivity contribution in [2.75, 3.05) is 25.5 Å². The van der Waals surface area contributed by atoms with Gasteiger partial charge in [0.15, 0.2) is 0 Å². The van der Waals surface area contributed by atoms with Crippen molar-refractivity contribution in [1.29, 1.82) is 0 Å². The quantitative estimate of drug-likeness (QED) is 0.590. The van der Waals surface area contributed by atoms with Gasteiger partial charge in [-0.1, -0.05) is 18.5 Å². The maximum Gasteiger partial charge on any atom is 0.234 e. The molecule has 2 N–H and O–H groups in total. The lowest BCUT2D eigenvalue weighted by Gasteiger charge is -2.06. The molecule has 0 saturated carbocycles. The van der Waals surface area contributed by atoms with Crippen LogP contribution < -0.4 is 15.4 Å². The van der Waals surface area contributed by atoms with Crippen LogP contribution in [0.15, 0.2) is 6.07 Å². The fourth-order valence-electron chi connectivity index (χ4n) is 1.12. The average Bonchev–Trinajstić information content (AvgIpc) is 2.28. The van der Waals surface area contributed by atoms with Gasteiger partial charge in [-0.05, 0) is 6.54 Å². The van der Waals surface area contributed by atoms with Crippen molar-refractivity contribution in [2.24, 2.45) is 0 Å². The first kappa shape index (κ1) is 13.7. The molecule has 0 aliphatic heterocycles. The van der Waals surface area contributed by atoms with Gasteiger partial charge in [0.05, 0.1) is 7.11 Å². The van der Waals surface area contributed by atoms with Crippen molar-refractivity contribution in [3.63, 3.8) is 0 Å². The minimum absolute atomic E-state index is 0.149. The molecule has 1 aromatic rings. The molecule has 6 nitrogen and oxygen atoms in total. The van der Waals surface area contributed by atoms with Crippen molar-refractivity contribution < 1.29 is 9.53 Å². The summed E-state index contributed by atoms with van der Waals surface area (Å²) in [6, 6.07) is 1.47. The Morgan fingerprint density at radius 2 is 2.29 bits per heavy atom. The van der Waals surface area contributed by atoms with Crippen molar-refractivity contribution >= 4 is 23.5 Å². The molecule has 94 valence electrons. The zero-order chi connectivity index (χ0) is 12.7. The topological polar surface area (TPSA) is 76.1 Å². The van der Waals surface area contributed by atoms with Crippen LogP contribution in [0.5, 0.6) is 5.88 Å². The van der Waals surface area contributed by atoms with Crippen molar-refractivity contribution in [1.82, 2.24) is 15.3 Å². The standard InChI is InChI=1S/C10H15ClN4O2/c1-3-12-5-4-8(16)14-10-13-7(11)6-9(15-10)17-2/h6,12H,3-5H2,1-2H3,(H,13,14,15,16). The lowest BCUT2D eigenvalue weighted by molar-refractivity contribution is -0.116. The van der Waals surface area contributed by atoms with Crippen molar-refractivity contribution in [3.8, 4) is 5.88 Å². The first-order valence-electron chi connectivity index (χ1n) is 5.25. The number of rotatable bonds is 6. The third-order valence-corrected chi connectivity index (χ3v) is 2.10. The zero-order valence-corrected chi connectivity index (χ0v) is 10.5. The molecule has 0 spiro atoms. The van der Waals surface area contributed by atoms with Crippen molar-refractivity contribution in [2.45, 2.75) is 13.3 Å². The van der Waals surface area contributed by atoms with Crippen LogP contribution in [0.25, 0.3) is 0 Å². The molecule has 0 atom stereocenters. The summed E-state index contributed by atoms with van der Waals surface area (Å²) in [6.45, 7) is 3.41. The van der Waals surface area contributed by atoms with E-state index >= 15 is 0 Å². The summed E-state index contributed by atoms with van der Waals surface area (Å²) in [5, 5.41) is 5.82. The van der Waals surface area contributed by atoms with E-state index < -0.39 is 0 Å². The van der Waals surface area contributed by atoms with Gasteiger partial charge in [0, 0.05) is 19.0 Å². The van der Waals surface area contributed by atoms with E-state index in [-0.39, 0.29) is 17.0 Å². The smallest absolute Gasteiger partial charge is 0.234 e. The molecule has 1 amide bonds. The number of nitrogens with one attached hydrogen (secondary N) is 2. The summed E-state index contributed by atoms with van der Waals surface area (Å²) >= 11 is 5.74. The molecular weight excluding hydrogens is 244 g/mol. The van der Waals surface area contributed by atoms with Gasteiger partial charge in [-0.25, -0.2) is 4.98 Å². The van der Waals surface area contributed by atoms with Gasteiger partial charge in [0.2, 0.25) is 17.7 Å². The highest BCUT2D eigenvalue weighted by Gasteiger charge is 2.07. The first-order valence-corrected chi connectivity index (χ1v) is 5.62. The molecule has 1 heterocycles. The maximum atomic E-state index is 11.5. The molecule has 0 aliphatic rings. The molecule has 0 unspecified atom stereocenters. The van der Waals surface area contributed by atoms with Crippen LogP contribution in [0.1, 0.15) is 13.3 Å². The minimum Gasteiger partial charge on any atom is -0.481 e. The molecule has 1 rings (SSSR count). The molecule has 0 radical (unpaired) electrons. The SMILES string of the molecule is CCNCCC(=O)Nc1nc(Cl)cc(OC)n1. The molecule has 0 aliphatic carbocycles. The number of carbonyl (C=O) groups excluding carboxylic acids is 1. The monoisotopic (exact) mass is 258 g/mol. The number of anilines is 1. The lowest BCUT2D eigenvalue weighted by Crippen LogP contribution is -2.22. The van der Waals surface area contributed by atoms with Crippen LogP contribution in [-0.2, 0) is 4.79 Å². The lowest BCUT2D eigenvalue weighted by atomic mass is 10.4. The summed E-state index contributed by atoms with van der Waals surface area (Å²) in [7, 11) is 1.47. The molecule has 0 fully saturated rings. The predicted molar refractivity (Wildman–Crippen MR) is 65.4 cm³/mol. The third-order valence-electron chi connectivity index (χ3n) is 1.91. The fraction of sp³-hybridized carbons (Fsp3) is 0.500. The Bertz CT molecular complexity index is 387. The second-order valence-electron chi connectivity index (χ2n) is 3.21.